The van der Waals surface area contributed by atoms with Crippen molar-refractivity contribution in [3.63, 3.8) is 0 Å². The van der Waals surface area contributed by atoms with Crippen LogP contribution < -0.4 is 5.73 Å². The lowest BCUT2D eigenvalue weighted by Gasteiger charge is -2.25. The number of nitrogens with two attached hydrogens (primary N) is 1. The van der Waals surface area contributed by atoms with Gasteiger partial charge < -0.3 is 5.73 Å². The molecule has 0 amide bonds. The Morgan fingerprint density at radius 1 is 1.18 bits per heavy atom. The van der Waals surface area contributed by atoms with E-state index in [-0.39, 0.29) is 0 Å². The average molecular weight is 272 g/mol. The molecular formula is C11H16N2O2S2. The maximum Gasteiger partial charge on any atom is 0.243 e. The summed E-state index contributed by atoms with van der Waals surface area (Å²) in [5.74, 6) is 1.75. The zero-order chi connectivity index (χ0) is 12.3. The largest absolute Gasteiger partial charge is 0.326 e. The monoisotopic (exact) mass is 272 g/mol. The van der Waals surface area contributed by atoms with Crippen LogP contribution in [0, 0.1) is 0 Å². The van der Waals surface area contributed by atoms with Crippen molar-refractivity contribution < 1.29 is 8.42 Å². The van der Waals surface area contributed by atoms with Gasteiger partial charge in [-0.05, 0) is 17.7 Å². The third-order valence-corrected chi connectivity index (χ3v) is 5.62. The molecule has 0 unspecified atom stereocenters. The summed E-state index contributed by atoms with van der Waals surface area (Å²) in [7, 11) is -3.31. The summed E-state index contributed by atoms with van der Waals surface area (Å²) in [5.41, 5.74) is 6.43. The van der Waals surface area contributed by atoms with E-state index in [9.17, 15) is 8.42 Å². The highest BCUT2D eigenvalue weighted by molar-refractivity contribution is 7.99. The molecular weight excluding hydrogens is 256 g/mol. The van der Waals surface area contributed by atoms with E-state index < -0.39 is 10.0 Å². The first-order valence-electron chi connectivity index (χ1n) is 5.51. The Bertz CT molecular complexity index is 465. The van der Waals surface area contributed by atoms with Crippen LogP contribution in [-0.4, -0.2) is 37.3 Å². The number of hydrogen-bond donors (Lipinski definition) is 1. The van der Waals surface area contributed by atoms with Gasteiger partial charge in [-0.2, -0.15) is 16.1 Å². The van der Waals surface area contributed by atoms with Crippen LogP contribution in [0.4, 0.5) is 0 Å². The predicted molar refractivity (Wildman–Crippen MR) is 70.4 cm³/mol. The van der Waals surface area contributed by atoms with Crippen molar-refractivity contribution in [2.45, 2.75) is 11.4 Å². The van der Waals surface area contributed by atoms with Crippen molar-refractivity contribution in [3.8, 4) is 0 Å². The molecule has 0 radical (unpaired) electrons. The fourth-order valence-corrected chi connectivity index (χ4v) is 4.31. The maximum absolute atomic E-state index is 12.3. The minimum absolute atomic E-state index is 0.363. The molecule has 17 heavy (non-hydrogen) atoms. The second-order valence-corrected chi connectivity index (χ2v) is 7.03. The lowest BCUT2D eigenvalue weighted by molar-refractivity contribution is 0.443. The molecule has 94 valence electrons. The predicted octanol–water partition coefficient (Wildman–Crippen LogP) is 0.883. The molecule has 2 rings (SSSR count). The van der Waals surface area contributed by atoms with Gasteiger partial charge in [0.05, 0.1) is 4.90 Å². The van der Waals surface area contributed by atoms with E-state index in [2.05, 4.69) is 0 Å². The maximum atomic E-state index is 12.3. The lowest BCUT2D eigenvalue weighted by Crippen LogP contribution is -2.37. The number of hydrogen-bond acceptors (Lipinski definition) is 4. The average Bonchev–Trinajstić information content (AvgIpc) is 2.40. The Morgan fingerprint density at radius 2 is 1.76 bits per heavy atom. The highest BCUT2D eigenvalue weighted by Crippen LogP contribution is 2.20. The molecule has 0 aromatic heterocycles. The molecule has 1 aromatic rings. The van der Waals surface area contributed by atoms with Crippen LogP contribution in [0.15, 0.2) is 29.2 Å². The summed E-state index contributed by atoms with van der Waals surface area (Å²) in [4.78, 5) is 0.363. The van der Waals surface area contributed by atoms with Gasteiger partial charge in [0, 0.05) is 31.1 Å². The van der Waals surface area contributed by atoms with Crippen molar-refractivity contribution in [2.75, 3.05) is 24.6 Å². The lowest BCUT2D eigenvalue weighted by atomic mass is 10.2. The Balaban J connectivity index is 2.23. The van der Waals surface area contributed by atoms with Crippen LogP contribution in [0.25, 0.3) is 0 Å². The summed E-state index contributed by atoms with van der Waals surface area (Å²) in [6.45, 7) is 1.64. The van der Waals surface area contributed by atoms with E-state index in [1.54, 1.807) is 40.3 Å². The molecule has 0 spiro atoms. The minimum Gasteiger partial charge on any atom is -0.326 e. The minimum atomic E-state index is -3.31. The van der Waals surface area contributed by atoms with Gasteiger partial charge in [0.15, 0.2) is 0 Å². The molecule has 1 fully saturated rings. The SMILES string of the molecule is NCc1ccc(S(=O)(=O)N2CCSCC2)cc1. The van der Waals surface area contributed by atoms with Gasteiger partial charge in [0.2, 0.25) is 10.0 Å². The van der Waals surface area contributed by atoms with Crippen molar-refractivity contribution in [1.29, 1.82) is 0 Å². The molecule has 0 aliphatic carbocycles. The zero-order valence-corrected chi connectivity index (χ0v) is 11.1. The van der Waals surface area contributed by atoms with Crippen LogP contribution in [0.1, 0.15) is 5.56 Å². The summed E-state index contributed by atoms with van der Waals surface area (Å²) >= 11 is 1.79. The summed E-state index contributed by atoms with van der Waals surface area (Å²) < 4.78 is 26.1. The third-order valence-electron chi connectivity index (χ3n) is 2.77. The smallest absolute Gasteiger partial charge is 0.243 e. The third kappa shape index (κ3) is 2.82. The van der Waals surface area contributed by atoms with Crippen LogP contribution in [-0.2, 0) is 16.6 Å². The Hall–Kier alpha value is -0.560. The fraction of sp³-hybridized carbons (Fsp3) is 0.455. The fourth-order valence-electron chi connectivity index (χ4n) is 1.73. The first-order valence-corrected chi connectivity index (χ1v) is 8.11. The molecule has 0 saturated carbocycles. The van der Waals surface area contributed by atoms with Crippen molar-refractivity contribution in [2.24, 2.45) is 5.73 Å². The Kier molecular flexibility index (Phi) is 4.09. The van der Waals surface area contributed by atoms with Gasteiger partial charge in [-0.3, -0.25) is 0 Å². The van der Waals surface area contributed by atoms with E-state index in [1.165, 1.54) is 0 Å². The van der Waals surface area contributed by atoms with Gasteiger partial charge in [-0.25, -0.2) is 8.42 Å². The highest BCUT2D eigenvalue weighted by atomic mass is 32.2. The van der Waals surface area contributed by atoms with Crippen molar-refractivity contribution in [1.82, 2.24) is 4.31 Å². The van der Waals surface area contributed by atoms with E-state index in [1.807, 2.05) is 0 Å². The second kappa shape index (κ2) is 5.39. The number of rotatable bonds is 3. The molecule has 1 aromatic carbocycles. The number of benzene rings is 1. The van der Waals surface area contributed by atoms with E-state index in [0.29, 0.717) is 24.5 Å². The molecule has 0 atom stereocenters. The summed E-state index contributed by atoms with van der Waals surface area (Å²) in [6.07, 6.45) is 0. The summed E-state index contributed by atoms with van der Waals surface area (Å²) in [6, 6.07) is 6.82. The molecule has 2 N–H and O–H groups in total. The first kappa shape index (κ1) is 12.9. The van der Waals surface area contributed by atoms with Gasteiger partial charge in [0.25, 0.3) is 0 Å². The Morgan fingerprint density at radius 3 is 2.29 bits per heavy atom. The van der Waals surface area contributed by atoms with Gasteiger partial charge in [0.1, 0.15) is 0 Å². The number of thioether (sulfide) groups is 1. The molecule has 1 heterocycles. The Labute approximate surface area is 106 Å². The molecule has 1 saturated heterocycles. The van der Waals surface area contributed by atoms with E-state index in [0.717, 1.165) is 17.1 Å². The highest BCUT2D eigenvalue weighted by Gasteiger charge is 2.25. The molecule has 6 heteroatoms. The first-order chi connectivity index (χ1) is 8.14. The number of nitrogens with zero attached hydrogens (tertiary/aromatic N) is 1. The van der Waals surface area contributed by atoms with Crippen LogP contribution in [0.3, 0.4) is 0 Å². The molecule has 0 bridgehead atoms. The van der Waals surface area contributed by atoms with E-state index in [4.69, 9.17) is 5.73 Å². The van der Waals surface area contributed by atoms with Gasteiger partial charge in [-0.15, -0.1) is 0 Å². The molecule has 1 aliphatic rings. The normalized spacial score (nSPS) is 18.2. The van der Waals surface area contributed by atoms with Crippen molar-refractivity contribution >= 4 is 21.8 Å². The van der Waals surface area contributed by atoms with E-state index >= 15 is 0 Å². The molecule has 1 aliphatic heterocycles. The van der Waals surface area contributed by atoms with Crippen molar-refractivity contribution in [3.05, 3.63) is 29.8 Å². The van der Waals surface area contributed by atoms with Crippen LogP contribution in [0.5, 0.6) is 0 Å². The quantitative estimate of drug-likeness (QED) is 0.887. The zero-order valence-electron chi connectivity index (χ0n) is 9.50. The van der Waals surface area contributed by atoms with Gasteiger partial charge >= 0.3 is 0 Å². The topological polar surface area (TPSA) is 63.4 Å². The standard InChI is InChI=1S/C11H16N2O2S2/c12-9-10-1-3-11(4-2-10)17(14,15)13-5-7-16-8-6-13/h1-4H,5-9,12H2. The van der Waals surface area contributed by atoms with Gasteiger partial charge in [-0.1, -0.05) is 12.1 Å². The number of sulfonamides is 1. The second-order valence-electron chi connectivity index (χ2n) is 3.86. The summed E-state index contributed by atoms with van der Waals surface area (Å²) in [5, 5.41) is 0. The molecule has 4 nitrogen and oxygen atoms in total. The van der Waals surface area contributed by atoms with Crippen LogP contribution >= 0.6 is 11.8 Å². The van der Waals surface area contributed by atoms with Crippen LogP contribution in [0.2, 0.25) is 0 Å².